The Hall–Kier alpha value is -5.05. The number of nitrogens with one attached hydrogen (secondary N) is 1. The van der Waals surface area contributed by atoms with Crippen LogP contribution < -0.4 is 15.0 Å². The average molecular weight is 495 g/mol. The molecule has 9 nitrogen and oxygen atoms in total. The molecule has 6 amide bonds. The summed E-state index contributed by atoms with van der Waals surface area (Å²) in [6, 6.07) is 17.4. The number of anilines is 1. The van der Waals surface area contributed by atoms with Crippen LogP contribution in [0.3, 0.4) is 0 Å². The number of benzene rings is 3. The maximum atomic E-state index is 13.2. The Kier molecular flexibility index (Phi) is 5.88. The Morgan fingerprint density at radius 2 is 1.54 bits per heavy atom. The molecule has 3 aromatic carbocycles. The van der Waals surface area contributed by atoms with Crippen LogP contribution in [0.1, 0.15) is 37.4 Å². The number of methoxy groups -OCH3 is 1. The molecular formula is C28H21N3O6. The SMILES string of the molecule is COc1ccc(C=C2C(=O)NC(=O)N(c3cccc(C)c3)C2=O)cc1CN1C(=O)c2ccccc2C1=O. The third-order valence-corrected chi connectivity index (χ3v) is 6.18. The van der Waals surface area contributed by atoms with E-state index in [0.29, 0.717) is 33.7 Å². The smallest absolute Gasteiger partial charge is 0.335 e. The second kappa shape index (κ2) is 9.19. The molecule has 0 aromatic heterocycles. The normalized spacial score (nSPS) is 16.4. The summed E-state index contributed by atoms with van der Waals surface area (Å²) >= 11 is 0. The minimum atomic E-state index is -0.834. The van der Waals surface area contributed by atoms with Crippen LogP contribution in [0.5, 0.6) is 5.75 Å². The highest BCUT2D eigenvalue weighted by Gasteiger charge is 2.37. The van der Waals surface area contributed by atoms with Gasteiger partial charge in [-0.15, -0.1) is 0 Å². The maximum Gasteiger partial charge on any atom is 0.335 e. The summed E-state index contributed by atoms with van der Waals surface area (Å²) < 4.78 is 5.42. The van der Waals surface area contributed by atoms with E-state index in [2.05, 4.69) is 5.32 Å². The minimum Gasteiger partial charge on any atom is -0.496 e. The predicted octanol–water partition coefficient (Wildman–Crippen LogP) is 3.47. The third-order valence-electron chi connectivity index (χ3n) is 6.18. The fourth-order valence-electron chi connectivity index (χ4n) is 4.39. The van der Waals surface area contributed by atoms with E-state index in [-0.39, 0.29) is 12.1 Å². The van der Waals surface area contributed by atoms with Crippen LogP contribution in [0.2, 0.25) is 0 Å². The van der Waals surface area contributed by atoms with Gasteiger partial charge >= 0.3 is 6.03 Å². The van der Waals surface area contributed by atoms with Crippen LogP contribution in [0.15, 0.2) is 72.3 Å². The molecule has 0 unspecified atom stereocenters. The lowest BCUT2D eigenvalue weighted by Crippen LogP contribution is -2.54. The van der Waals surface area contributed by atoms with E-state index in [1.165, 1.54) is 13.2 Å². The van der Waals surface area contributed by atoms with Crippen LogP contribution >= 0.6 is 0 Å². The number of barbiturate groups is 1. The van der Waals surface area contributed by atoms with Crippen molar-refractivity contribution in [3.8, 4) is 5.75 Å². The molecule has 3 aromatic rings. The van der Waals surface area contributed by atoms with Crippen molar-refractivity contribution in [1.29, 1.82) is 0 Å². The largest absolute Gasteiger partial charge is 0.496 e. The molecule has 0 spiro atoms. The highest BCUT2D eigenvalue weighted by Crippen LogP contribution is 2.29. The second-order valence-corrected chi connectivity index (χ2v) is 8.61. The van der Waals surface area contributed by atoms with Crippen molar-refractivity contribution in [2.75, 3.05) is 12.0 Å². The van der Waals surface area contributed by atoms with Gasteiger partial charge in [-0.3, -0.25) is 29.4 Å². The molecule has 37 heavy (non-hydrogen) atoms. The first-order valence-electron chi connectivity index (χ1n) is 11.4. The van der Waals surface area contributed by atoms with Crippen LogP contribution in [0.4, 0.5) is 10.5 Å². The minimum absolute atomic E-state index is 0.0689. The van der Waals surface area contributed by atoms with E-state index >= 15 is 0 Å². The van der Waals surface area contributed by atoms with Crippen LogP contribution in [-0.4, -0.2) is 41.7 Å². The van der Waals surface area contributed by atoms with E-state index < -0.39 is 29.7 Å². The van der Waals surface area contributed by atoms with Crippen molar-refractivity contribution in [1.82, 2.24) is 10.2 Å². The first-order chi connectivity index (χ1) is 17.8. The summed E-state index contributed by atoms with van der Waals surface area (Å²) in [5.41, 5.74) is 2.55. The Morgan fingerprint density at radius 1 is 0.838 bits per heavy atom. The summed E-state index contributed by atoms with van der Waals surface area (Å²) in [7, 11) is 1.46. The Bertz CT molecular complexity index is 1510. The van der Waals surface area contributed by atoms with Gasteiger partial charge in [-0.1, -0.05) is 30.3 Å². The van der Waals surface area contributed by atoms with Gasteiger partial charge in [0.25, 0.3) is 23.6 Å². The van der Waals surface area contributed by atoms with Crippen LogP contribution in [0, 0.1) is 6.92 Å². The quantitative estimate of drug-likeness (QED) is 0.330. The van der Waals surface area contributed by atoms with Crippen molar-refractivity contribution in [3.05, 3.63) is 100 Å². The van der Waals surface area contributed by atoms with Crippen molar-refractivity contribution < 1.29 is 28.7 Å². The third kappa shape index (κ3) is 4.16. The van der Waals surface area contributed by atoms with Crippen molar-refractivity contribution in [2.24, 2.45) is 0 Å². The summed E-state index contributed by atoms with van der Waals surface area (Å²) in [6.07, 6.45) is 1.36. The Morgan fingerprint density at radius 3 is 2.19 bits per heavy atom. The Labute approximate surface area is 211 Å². The zero-order valence-electron chi connectivity index (χ0n) is 20.0. The number of amides is 6. The predicted molar refractivity (Wildman–Crippen MR) is 134 cm³/mol. The summed E-state index contributed by atoms with van der Waals surface area (Å²) in [6.45, 7) is 1.76. The van der Waals surface area contributed by atoms with Gasteiger partial charge in [0.2, 0.25) is 0 Å². The molecule has 5 rings (SSSR count). The number of fused-ring (bicyclic) bond motifs is 1. The molecule has 2 aliphatic heterocycles. The molecule has 0 aliphatic carbocycles. The maximum absolute atomic E-state index is 13.2. The second-order valence-electron chi connectivity index (χ2n) is 8.61. The highest BCUT2D eigenvalue weighted by molar-refractivity contribution is 6.39. The molecule has 0 radical (unpaired) electrons. The molecule has 1 fully saturated rings. The zero-order valence-corrected chi connectivity index (χ0v) is 20.0. The summed E-state index contributed by atoms with van der Waals surface area (Å²) in [5, 5.41) is 2.20. The van der Waals surface area contributed by atoms with Crippen molar-refractivity contribution >= 4 is 41.4 Å². The molecule has 9 heteroatoms. The monoisotopic (exact) mass is 495 g/mol. The summed E-state index contributed by atoms with van der Waals surface area (Å²) in [5.74, 6) is -2.00. The number of carbonyl (C=O) groups excluding carboxylic acids is 5. The number of imide groups is 3. The van der Waals surface area contributed by atoms with Crippen molar-refractivity contribution in [2.45, 2.75) is 13.5 Å². The van der Waals surface area contributed by atoms with E-state index in [1.807, 2.05) is 13.0 Å². The van der Waals surface area contributed by atoms with Crippen molar-refractivity contribution in [3.63, 3.8) is 0 Å². The lowest BCUT2D eigenvalue weighted by Gasteiger charge is -2.26. The first kappa shape index (κ1) is 23.7. The van der Waals surface area contributed by atoms with Gasteiger partial charge in [0.05, 0.1) is 30.5 Å². The number of urea groups is 1. The number of rotatable bonds is 5. The molecule has 0 atom stereocenters. The molecule has 184 valence electrons. The van der Waals surface area contributed by atoms with Gasteiger partial charge in [-0.05, 0) is 60.5 Å². The Balaban J connectivity index is 1.48. The molecule has 2 heterocycles. The molecule has 0 bridgehead atoms. The number of hydrogen-bond acceptors (Lipinski definition) is 6. The lowest BCUT2D eigenvalue weighted by molar-refractivity contribution is -0.122. The average Bonchev–Trinajstić information content (AvgIpc) is 3.11. The zero-order chi connectivity index (χ0) is 26.3. The standard InChI is InChI=1S/C28H21N3O6/c1-16-6-5-7-19(12-16)31-27(35)22(24(32)29-28(31)36)14-17-10-11-23(37-2)18(13-17)15-30-25(33)20-8-3-4-9-21(20)26(30)34/h3-14H,15H2,1-2H3,(H,29,32,36). The fourth-order valence-corrected chi connectivity index (χ4v) is 4.39. The van der Waals surface area contributed by atoms with Gasteiger partial charge < -0.3 is 4.74 Å². The first-order valence-corrected chi connectivity index (χ1v) is 11.4. The highest BCUT2D eigenvalue weighted by atomic mass is 16.5. The van der Waals surface area contributed by atoms with E-state index in [1.54, 1.807) is 60.7 Å². The van der Waals surface area contributed by atoms with E-state index in [4.69, 9.17) is 4.74 Å². The summed E-state index contributed by atoms with van der Waals surface area (Å²) in [4.78, 5) is 66.0. The van der Waals surface area contributed by atoms with E-state index in [9.17, 15) is 24.0 Å². The fraction of sp³-hybridized carbons (Fsp3) is 0.107. The molecule has 1 N–H and O–H groups in total. The molecule has 0 saturated carbocycles. The van der Waals surface area contributed by atoms with Crippen LogP contribution in [0.25, 0.3) is 6.08 Å². The molecular weight excluding hydrogens is 474 g/mol. The number of hydrogen-bond donors (Lipinski definition) is 1. The molecule has 1 saturated heterocycles. The lowest BCUT2D eigenvalue weighted by atomic mass is 10.0. The number of ether oxygens (including phenoxy) is 1. The van der Waals surface area contributed by atoms with Gasteiger partial charge in [0.1, 0.15) is 11.3 Å². The van der Waals surface area contributed by atoms with Gasteiger partial charge in [0, 0.05) is 5.56 Å². The molecule has 2 aliphatic rings. The van der Waals surface area contributed by atoms with Gasteiger partial charge in [-0.25, -0.2) is 9.69 Å². The van der Waals surface area contributed by atoms with Crippen LogP contribution in [-0.2, 0) is 16.1 Å². The van der Waals surface area contributed by atoms with Gasteiger partial charge in [-0.2, -0.15) is 0 Å². The number of carbonyl (C=O) groups is 5. The van der Waals surface area contributed by atoms with E-state index in [0.717, 1.165) is 15.4 Å². The topological polar surface area (TPSA) is 113 Å². The number of aryl methyl sites for hydroxylation is 1. The number of nitrogens with zero attached hydrogens (tertiary/aromatic N) is 2. The van der Waals surface area contributed by atoms with Gasteiger partial charge in [0.15, 0.2) is 0 Å².